The first-order valence-corrected chi connectivity index (χ1v) is 11.5. The van der Waals surface area contributed by atoms with Crippen molar-refractivity contribution in [3.63, 3.8) is 0 Å². The quantitative estimate of drug-likeness (QED) is 0.594. The van der Waals surface area contributed by atoms with Gasteiger partial charge in [0.2, 0.25) is 0 Å². The van der Waals surface area contributed by atoms with Crippen LogP contribution in [-0.4, -0.2) is 25.0 Å². The summed E-state index contributed by atoms with van der Waals surface area (Å²) in [7, 11) is 0. The van der Waals surface area contributed by atoms with Gasteiger partial charge in [-0.25, -0.2) is 8.78 Å². The predicted molar refractivity (Wildman–Crippen MR) is 121 cm³/mol. The Bertz CT molecular complexity index is 1250. The molecule has 2 bridgehead atoms. The summed E-state index contributed by atoms with van der Waals surface area (Å²) in [6, 6.07) is 15.3. The van der Waals surface area contributed by atoms with Gasteiger partial charge in [-0.1, -0.05) is 18.2 Å². The Morgan fingerprint density at radius 1 is 0.879 bits per heavy atom. The summed E-state index contributed by atoms with van der Waals surface area (Å²) in [5.74, 6) is -1.25. The Morgan fingerprint density at radius 2 is 1.67 bits per heavy atom. The van der Waals surface area contributed by atoms with Crippen molar-refractivity contribution in [3.05, 3.63) is 94.0 Å². The molecule has 0 aromatic heterocycles. The van der Waals surface area contributed by atoms with Crippen molar-refractivity contribution in [1.29, 1.82) is 0 Å². The van der Waals surface area contributed by atoms with E-state index >= 15 is 0 Å². The van der Waals surface area contributed by atoms with Crippen molar-refractivity contribution >= 4 is 5.91 Å². The van der Waals surface area contributed by atoms with Gasteiger partial charge in [0.05, 0.1) is 0 Å². The monoisotopic (exact) mass is 446 g/mol. The van der Waals surface area contributed by atoms with E-state index in [0.717, 1.165) is 60.7 Å². The fourth-order valence-electron chi connectivity index (χ4n) is 5.31. The summed E-state index contributed by atoms with van der Waals surface area (Å²) >= 11 is 0. The Morgan fingerprint density at radius 3 is 2.52 bits per heavy atom. The van der Waals surface area contributed by atoms with E-state index < -0.39 is 11.6 Å². The van der Waals surface area contributed by atoms with E-state index in [-0.39, 0.29) is 24.2 Å². The third-order valence-electron chi connectivity index (χ3n) is 6.99. The van der Waals surface area contributed by atoms with E-state index in [0.29, 0.717) is 16.7 Å². The first-order chi connectivity index (χ1) is 16.1. The average molecular weight is 446 g/mol. The third kappa shape index (κ3) is 3.54. The van der Waals surface area contributed by atoms with E-state index in [1.54, 1.807) is 0 Å². The average Bonchev–Trinajstić information content (AvgIpc) is 3.26. The maximum absolute atomic E-state index is 14.4. The summed E-state index contributed by atoms with van der Waals surface area (Å²) in [6.45, 7) is 1.91. The van der Waals surface area contributed by atoms with E-state index in [9.17, 15) is 13.6 Å². The molecular formula is C27H24F2N2O2. The molecule has 3 aliphatic rings. The second kappa shape index (κ2) is 8.04. The zero-order valence-corrected chi connectivity index (χ0v) is 18.0. The Balaban J connectivity index is 1.29. The van der Waals surface area contributed by atoms with Gasteiger partial charge >= 0.3 is 0 Å². The van der Waals surface area contributed by atoms with E-state index in [2.05, 4.69) is 10.6 Å². The second-order valence-corrected chi connectivity index (χ2v) is 9.06. The largest absolute Gasteiger partial charge is 0.356 e. The molecule has 1 unspecified atom stereocenters. The Hall–Kier alpha value is -3.09. The number of hydrogen-bond donors (Lipinski definition) is 2. The van der Waals surface area contributed by atoms with Crippen LogP contribution in [0.15, 0.2) is 54.6 Å². The first kappa shape index (κ1) is 20.5. The van der Waals surface area contributed by atoms with Gasteiger partial charge in [0.1, 0.15) is 23.8 Å². The van der Waals surface area contributed by atoms with E-state index in [1.807, 2.05) is 36.4 Å². The first-order valence-electron chi connectivity index (χ1n) is 11.5. The molecule has 168 valence electrons. The lowest BCUT2D eigenvalue weighted by molar-refractivity contribution is 0.0857. The minimum atomic E-state index is -0.598. The van der Waals surface area contributed by atoms with Crippen LogP contribution in [0.4, 0.5) is 8.78 Å². The standard InChI is InChI=1S/C27H24F2N2O2/c28-17-5-8-19(24(29)14-17)15-3-6-20-22(12-15)26-23-13-16(4-7-21(23)25(20)33-26)27(32)31-18-2-1-10-30-11-9-18/h3-8,12-14,18,25-26,30H,1-2,9-11H2,(H,31,32)/t18?,25-,26+/m0/s1. The van der Waals surface area contributed by atoms with Crippen molar-refractivity contribution in [1.82, 2.24) is 10.6 Å². The van der Waals surface area contributed by atoms with E-state index in [1.165, 1.54) is 12.1 Å². The van der Waals surface area contributed by atoms with Gasteiger partial charge in [-0.15, -0.1) is 0 Å². The number of amides is 1. The van der Waals surface area contributed by atoms with Crippen molar-refractivity contribution in [2.75, 3.05) is 13.1 Å². The van der Waals surface area contributed by atoms with Crippen molar-refractivity contribution in [2.24, 2.45) is 0 Å². The molecule has 4 nitrogen and oxygen atoms in total. The molecule has 3 aromatic carbocycles. The van der Waals surface area contributed by atoms with Gasteiger partial charge in [-0.3, -0.25) is 4.79 Å². The minimum Gasteiger partial charge on any atom is -0.356 e. The van der Waals surface area contributed by atoms with E-state index in [4.69, 9.17) is 4.74 Å². The van der Waals surface area contributed by atoms with Crippen LogP contribution in [0.5, 0.6) is 0 Å². The summed E-state index contributed by atoms with van der Waals surface area (Å²) in [6.07, 6.45) is 2.49. The molecular weight excluding hydrogens is 422 g/mol. The highest BCUT2D eigenvalue weighted by Crippen LogP contribution is 2.54. The Labute approximate surface area is 191 Å². The van der Waals surface area contributed by atoms with Crippen LogP contribution >= 0.6 is 0 Å². The number of rotatable bonds is 3. The summed E-state index contributed by atoms with van der Waals surface area (Å²) in [5, 5.41) is 6.54. The normalized spacial score (nSPS) is 23.0. The van der Waals surface area contributed by atoms with Gasteiger partial charge in [0.25, 0.3) is 5.91 Å². The topological polar surface area (TPSA) is 50.4 Å². The third-order valence-corrected chi connectivity index (χ3v) is 6.99. The molecule has 6 rings (SSSR count). The summed E-state index contributed by atoms with van der Waals surface area (Å²) in [5.41, 5.74) is 5.75. The lowest BCUT2D eigenvalue weighted by Gasteiger charge is -2.19. The number of ether oxygens (including phenoxy) is 1. The highest BCUT2D eigenvalue weighted by atomic mass is 19.1. The van der Waals surface area contributed by atoms with Crippen LogP contribution in [0.1, 0.15) is 64.1 Å². The molecule has 3 aliphatic heterocycles. The van der Waals surface area contributed by atoms with Gasteiger partial charge in [-0.05, 0) is 90.5 Å². The SMILES string of the molecule is O=C(NC1CCCNCC1)c1ccc2c(c1)[C@@H]1O[C@H]2c2ccc(-c3ccc(F)cc3F)cc21. The molecule has 0 saturated carbocycles. The lowest BCUT2D eigenvalue weighted by Crippen LogP contribution is -2.35. The fourth-order valence-corrected chi connectivity index (χ4v) is 5.31. The zero-order chi connectivity index (χ0) is 22.5. The predicted octanol–water partition coefficient (Wildman–Crippen LogP) is 5.03. The molecule has 0 spiro atoms. The molecule has 0 radical (unpaired) electrons. The minimum absolute atomic E-state index is 0.0603. The number of carbonyl (C=O) groups is 1. The fraction of sp³-hybridized carbons (Fsp3) is 0.296. The number of hydrogen-bond acceptors (Lipinski definition) is 3. The maximum Gasteiger partial charge on any atom is 0.251 e. The molecule has 3 atom stereocenters. The second-order valence-electron chi connectivity index (χ2n) is 9.06. The molecule has 1 amide bonds. The van der Waals surface area contributed by atoms with Crippen LogP contribution in [0.25, 0.3) is 11.1 Å². The smallest absolute Gasteiger partial charge is 0.251 e. The Kier molecular flexibility index (Phi) is 5.00. The molecule has 6 heteroatoms. The van der Waals surface area contributed by atoms with Crippen molar-refractivity contribution < 1.29 is 18.3 Å². The highest BCUT2D eigenvalue weighted by molar-refractivity contribution is 5.95. The molecule has 3 heterocycles. The molecule has 33 heavy (non-hydrogen) atoms. The van der Waals surface area contributed by atoms with Crippen LogP contribution in [-0.2, 0) is 4.74 Å². The summed E-state index contributed by atoms with van der Waals surface area (Å²) < 4.78 is 34.0. The number of nitrogens with one attached hydrogen (secondary N) is 2. The van der Waals surface area contributed by atoms with Crippen LogP contribution in [0, 0.1) is 11.6 Å². The molecule has 0 aliphatic carbocycles. The molecule has 1 fully saturated rings. The van der Waals surface area contributed by atoms with Gasteiger partial charge in [0, 0.05) is 23.2 Å². The van der Waals surface area contributed by atoms with Crippen LogP contribution in [0.2, 0.25) is 0 Å². The molecule has 1 saturated heterocycles. The van der Waals surface area contributed by atoms with Crippen LogP contribution in [0.3, 0.4) is 0 Å². The number of fused-ring (bicyclic) bond motifs is 8. The summed E-state index contributed by atoms with van der Waals surface area (Å²) in [4.78, 5) is 12.9. The van der Waals surface area contributed by atoms with Gasteiger partial charge in [0.15, 0.2) is 0 Å². The number of carbonyl (C=O) groups excluding carboxylic acids is 1. The van der Waals surface area contributed by atoms with Crippen LogP contribution < -0.4 is 10.6 Å². The van der Waals surface area contributed by atoms with Crippen molar-refractivity contribution in [2.45, 2.75) is 37.5 Å². The van der Waals surface area contributed by atoms with Gasteiger partial charge < -0.3 is 15.4 Å². The molecule has 3 aromatic rings. The zero-order valence-electron chi connectivity index (χ0n) is 18.0. The number of benzene rings is 3. The highest BCUT2D eigenvalue weighted by Gasteiger charge is 2.43. The van der Waals surface area contributed by atoms with Gasteiger partial charge in [-0.2, -0.15) is 0 Å². The lowest BCUT2D eigenvalue weighted by atomic mass is 9.83. The van der Waals surface area contributed by atoms with Crippen molar-refractivity contribution in [3.8, 4) is 11.1 Å². The maximum atomic E-state index is 14.4. The molecule has 2 N–H and O–H groups in total. The number of halogens is 2.